The molecule has 2 aromatic carbocycles. The Hall–Kier alpha value is -2.00. The molecule has 1 unspecified atom stereocenters. The second-order valence-electron chi connectivity index (χ2n) is 5.46. The van der Waals surface area contributed by atoms with Gasteiger partial charge in [-0.05, 0) is 47.6 Å². The highest BCUT2D eigenvalue weighted by Crippen LogP contribution is 2.41. The molecule has 1 saturated carbocycles. The number of ether oxygens (including phenoxy) is 2. The average Bonchev–Trinajstić information content (AvgIpc) is 3.38. The molecular formula is C18H20O3. The summed E-state index contributed by atoms with van der Waals surface area (Å²) in [7, 11) is 3.20. The molecule has 3 heteroatoms. The second-order valence-corrected chi connectivity index (χ2v) is 5.46. The summed E-state index contributed by atoms with van der Waals surface area (Å²) < 4.78 is 10.5. The van der Waals surface area contributed by atoms with E-state index in [9.17, 15) is 5.11 Å². The molecule has 0 heterocycles. The summed E-state index contributed by atoms with van der Waals surface area (Å²) >= 11 is 0. The van der Waals surface area contributed by atoms with Gasteiger partial charge in [0, 0.05) is 0 Å². The lowest BCUT2D eigenvalue weighted by Crippen LogP contribution is -2.01. The largest absolute Gasteiger partial charge is 0.493 e. The molecule has 2 aromatic rings. The zero-order valence-corrected chi connectivity index (χ0v) is 12.4. The maximum Gasteiger partial charge on any atom is 0.161 e. The minimum atomic E-state index is -0.650. The lowest BCUT2D eigenvalue weighted by molar-refractivity contribution is 0.219. The number of rotatable bonds is 5. The Morgan fingerprint density at radius 2 is 1.67 bits per heavy atom. The second kappa shape index (κ2) is 5.78. The first-order valence-electron chi connectivity index (χ1n) is 7.22. The average molecular weight is 284 g/mol. The van der Waals surface area contributed by atoms with Crippen molar-refractivity contribution >= 4 is 0 Å². The third kappa shape index (κ3) is 2.88. The van der Waals surface area contributed by atoms with Crippen LogP contribution in [0.3, 0.4) is 0 Å². The van der Waals surface area contributed by atoms with Crippen LogP contribution in [0.2, 0.25) is 0 Å². The van der Waals surface area contributed by atoms with E-state index in [-0.39, 0.29) is 0 Å². The highest BCUT2D eigenvalue weighted by atomic mass is 16.5. The first kappa shape index (κ1) is 14.0. The molecule has 0 radical (unpaired) electrons. The molecule has 0 spiro atoms. The molecule has 0 amide bonds. The Morgan fingerprint density at radius 1 is 0.952 bits per heavy atom. The minimum Gasteiger partial charge on any atom is -0.493 e. The Morgan fingerprint density at radius 3 is 2.33 bits per heavy atom. The summed E-state index contributed by atoms with van der Waals surface area (Å²) in [5, 5.41) is 10.6. The van der Waals surface area contributed by atoms with Crippen molar-refractivity contribution in [3.05, 3.63) is 59.2 Å². The third-order valence-corrected chi connectivity index (χ3v) is 4.00. The molecule has 1 aliphatic rings. The number of methoxy groups -OCH3 is 2. The summed E-state index contributed by atoms with van der Waals surface area (Å²) in [5.74, 6) is 1.98. The normalized spacial score (nSPS) is 15.6. The van der Waals surface area contributed by atoms with Crippen LogP contribution in [0.4, 0.5) is 0 Å². The lowest BCUT2D eigenvalue weighted by Gasteiger charge is -2.15. The van der Waals surface area contributed by atoms with Gasteiger partial charge in [-0.3, -0.25) is 0 Å². The molecule has 0 aliphatic heterocycles. The van der Waals surface area contributed by atoms with Gasteiger partial charge in [-0.25, -0.2) is 0 Å². The third-order valence-electron chi connectivity index (χ3n) is 4.00. The van der Waals surface area contributed by atoms with Gasteiger partial charge in [-0.15, -0.1) is 0 Å². The molecule has 1 atom stereocenters. The smallest absolute Gasteiger partial charge is 0.161 e. The Kier molecular flexibility index (Phi) is 3.84. The van der Waals surface area contributed by atoms with E-state index < -0.39 is 6.10 Å². The Labute approximate surface area is 125 Å². The van der Waals surface area contributed by atoms with Crippen LogP contribution in [0.15, 0.2) is 42.5 Å². The molecule has 110 valence electrons. The van der Waals surface area contributed by atoms with Crippen molar-refractivity contribution in [2.24, 2.45) is 0 Å². The Balaban J connectivity index is 1.90. The summed E-state index contributed by atoms with van der Waals surface area (Å²) in [6, 6.07) is 13.8. The number of hydrogen-bond donors (Lipinski definition) is 1. The van der Waals surface area contributed by atoms with Gasteiger partial charge in [0.15, 0.2) is 11.5 Å². The predicted molar refractivity (Wildman–Crippen MR) is 82.0 cm³/mol. The van der Waals surface area contributed by atoms with Gasteiger partial charge in [0.2, 0.25) is 0 Å². The van der Waals surface area contributed by atoms with Crippen LogP contribution in [-0.4, -0.2) is 19.3 Å². The molecule has 3 rings (SSSR count). The van der Waals surface area contributed by atoms with E-state index in [0.717, 1.165) is 11.1 Å². The molecule has 1 aliphatic carbocycles. The Bertz CT molecular complexity index is 632. The summed E-state index contributed by atoms with van der Waals surface area (Å²) in [4.78, 5) is 0. The van der Waals surface area contributed by atoms with E-state index in [1.54, 1.807) is 14.2 Å². The van der Waals surface area contributed by atoms with Crippen molar-refractivity contribution in [3.63, 3.8) is 0 Å². The van der Waals surface area contributed by atoms with Crippen molar-refractivity contribution in [2.45, 2.75) is 24.9 Å². The molecule has 0 saturated heterocycles. The van der Waals surface area contributed by atoms with Crippen molar-refractivity contribution in [1.29, 1.82) is 0 Å². The van der Waals surface area contributed by atoms with E-state index in [4.69, 9.17) is 9.47 Å². The molecule has 0 aromatic heterocycles. The highest BCUT2D eigenvalue weighted by molar-refractivity contribution is 5.45. The number of aliphatic hydroxyl groups is 1. The van der Waals surface area contributed by atoms with Crippen LogP contribution in [-0.2, 0) is 0 Å². The number of benzene rings is 2. The van der Waals surface area contributed by atoms with E-state index >= 15 is 0 Å². The van der Waals surface area contributed by atoms with Crippen LogP contribution in [0, 0.1) is 0 Å². The van der Waals surface area contributed by atoms with Crippen LogP contribution >= 0.6 is 0 Å². The molecular weight excluding hydrogens is 264 g/mol. The van der Waals surface area contributed by atoms with E-state index in [1.165, 1.54) is 18.4 Å². The SMILES string of the molecule is COc1ccc(C(O)c2cccc(C3CC3)c2)cc1OC. The molecule has 0 bridgehead atoms. The standard InChI is InChI=1S/C18H20O3/c1-20-16-9-8-15(11-17(16)21-2)18(19)14-5-3-4-13(10-14)12-6-7-12/h3-5,8-12,18-19H,6-7H2,1-2H3. The van der Waals surface area contributed by atoms with Crippen LogP contribution in [0.1, 0.15) is 41.6 Å². The van der Waals surface area contributed by atoms with Crippen molar-refractivity contribution in [3.8, 4) is 11.5 Å². The van der Waals surface area contributed by atoms with E-state index in [1.807, 2.05) is 30.3 Å². The van der Waals surface area contributed by atoms with Crippen LogP contribution < -0.4 is 9.47 Å². The lowest BCUT2D eigenvalue weighted by atomic mass is 9.98. The number of aliphatic hydroxyl groups excluding tert-OH is 1. The van der Waals surface area contributed by atoms with Gasteiger partial charge in [0.25, 0.3) is 0 Å². The zero-order chi connectivity index (χ0) is 14.8. The van der Waals surface area contributed by atoms with Gasteiger partial charge >= 0.3 is 0 Å². The van der Waals surface area contributed by atoms with Crippen molar-refractivity contribution in [1.82, 2.24) is 0 Å². The zero-order valence-electron chi connectivity index (χ0n) is 12.4. The molecule has 21 heavy (non-hydrogen) atoms. The first-order chi connectivity index (χ1) is 10.2. The molecule has 1 N–H and O–H groups in total. The summed E-state index contributed by atoms with van der Waals surface area (Å²) in [5.41, 5.74) is 3.05. The predicted octanol–water partition coefficient (Wildman–Crippen LogP) is 3.66. The van der Waals surface area contributed by atoms with Crippen LogP contribution in [0.5, 0.6) is 11.5 Å². The van der Waals surface area contributed by atoms with Crippen LogP contribution in [0.25, 0.3) is 0 Å². The fourth-order valence-corrected chi connectivity index (χ4v) is 2.62. The molecule has 1 fully saturated rings. The topological polar surface area (TPSA) is 38.7 Å². The van der Waals surface area contributed by atoms with Gasteiger partial charge in [0.05, 0.1) is 14.2 Å². The fraction of sp³-hybridized carbons (Fsp3) is 0.333. The highest BCUT2D eigenvalue weighted by Gasteiger charge is 2.24. The quantitative estimate of drug-likeness (QED) is 0.910. The summed E-state index contributed by atoms with van der Waals surface area (Å²) in [6.45, 7) is 0. The van der Waals surface area contributed by atoms with Gasteiger partial charge in [-0.2, -0.15) is 0 Å². The number of hydrogen-bond acceptors (Lipinski definition) is 3. The van der Waals surface area contributed by atoms with Gasteiger partial charge < -0.3 is 14.6 Å². The minimum absolute atomic E-state index is 0.632. The first-order valence-corrected chi connectivity index (χ1v) is 7.22. The van der Waals surface area contributed by atoms with E-state index in [0.29, 0.717) is 17.4 Å². The van der Waals surface area contributed by atoms with E-state index in [2.05, 4.69) is 12.1 Å². The molecule has 3 nitrogen and oxygen atoms in total. The van der Waals surface area contributed by atoms with Gasteiger partial charge in [-0.1, -0.05) is 30.3 Å². The maximum absolute atomic E-state index is 10.6. The monoisotopic (exact) mass is 284 g/mol. The summed E-state index contributed by atoms with van der Waals surface area (Å²) in [6.07, 6.45) is 1.87. The maximum atomic E-state index is 10.6. The van der Waals surface area contributed by atoms with Crippen molar-refractivity contribution in [2.75, 3.05) is 14.2 Å². The van der Waals surface area contributed by atoms with Gasteiger partial charge in [0.1, 0.15) is 6.10 Å². The van der Waals surface area contributed by atoms with Crippen molar-refractivity contribution < 1.29 is 14.6 Å². The fourth-order valence-electron chi connectivity index (χ4n) is 2.62.